The predicted octanol–water partition coefficient (Wildman–Crippen LogP) is 1.32. The molecule has 10 heavy (non-hydrogen) atoms. The maximum atomic E-state index is 10.7. The number of halogens is 1. The summed E-state index contributed by atoms with van der Waals surface area (Å²) in [7, 11) is 0. The molecule has 0 fully saturated rings. The Hall–Kier alpha value is -0.570. The van der Waals surface area contributed by atoms with Crippen LogP contribution in [0.3, 0.4) is 0 Å². The summed E-state index contributed by atoms with van der Waals surface area (Å²) in [6.45, 7) is 3.31. The summed E-state index contributed by atoms with van der Waals surface area (Å²) >= 11 is 5.32. The van der Waals surface area contributed by atoms with Crippen molar-refractivity contribution in [3.8, 4) is 0 Å². The largest absolute Gasteiger partial charge is 0.273 e. The highest BCUT2D eigenvalue weighted by atomic mass is 35.5. The molecule has 0 aliphatic heterocycles. The highest BCUT2D eigenvalue weighted by molar-refractivity contribution is 6.29. The molecule has 0 radical (unpaired) electrons. The van der Waals surface area contributed by atoms with Gasteiger partial charge in [-0.1, -0.05) is 13.8 Å². The summed E-state index contributed by atoms with van der Waals surface area (Å²) in [4.78, 5) is 21.4. The molecule has 0 bridgehead atoms. The van der Waals surface area contributed by atoms with Crippen LogP contribution >= 0.6 is 11.8 Å². The van der Waals surface area contributed by atoms with Gasteiger partial charge in [0, 0.05) is 24.6 Å². The summed E-state index contributed by atoms with van der Waals surface area (Å²) in [6, 6.07) is 0. The van der Waals surface area contributed by atoms with Gasteiger partial charge in [-0.15, -0.1) is 0 Å². The zero-order valence-corrected chi connectivity index (χ0v) is 6.81. The number of rotatable bonds is 2. The van der Waals surface area contributed by atoms with Crippen molar-refractivity contribution >= 4 is 23.6 Å². The first-order valence-corrected chi connectivity index (χ1v) is 3.48. The van der Waals surface area contributed by atoms with Gasteiger partial charge in [0.25, 0.3) is 0 Å². The van der Waals surface area contributed by atoms with Crippen molar-refractivity contribution in [1.29, 1.82) is 0 Å². The van der Waals surface area contributed by atoms with Crippen molar-refractivity contribution in [2.45, 2.75) is 26.7 Å². The summed E-state index contributed by atoms with van der Waals surface area (Å²) in [5.74, 6) is -0.706. The van der Waals surface area contributed by atoms with Crippen molar-refractivity contribution in [2.75, 3.05) is 0 Å². The highest BCUT2D eigenvalue weighted by Crippen LogP contribution is 2.00. The lowest BCUT2D eigenvalue weighted by Gasteiger charge is -2.07. The quantitative estimate of drug-likeness (QED) is 0.576. The van der Waals surface area contributed by atoms with E-state index >= 15 is 0 Å². The highest BCUT2D eigenvalue weighted by Gasteiger charge is 2.14. The van der Waals surface area contributed by atoms with Crippen molar-refractivity contribution in [1.82, 2.24) is 4.42 Å². The Labute approximate surface area is 65.1 Å². The van der Waals surface area contributed by atoms with E-state index in [1.54, 1.807) is 13.8 Å². The van der Waals surface area contributed by atoms with Gasteiger partial charge in [-0.2, -0.15) is 4.42 Å². The SMILES string of the molecule is CCC(=O)N(Cl)C(=O)CC. The number of hydrogen-bond acceptors (Lipinski definition) is 2. The molecule has 4 heteroatoms. The Morgan fingerprint density at radius 1 is 1.20 bits per heavy atom. The fraction of sp³-hybridized carbons (Fsp3) is 0.667. The first kappa shape index (κ1) is 9.43. The van der Waals surface area contributed by atoms with Crippen molar-refractivity contribution in [3.05, 3.63) is 0 Å². The van der Waals surface area contributed by atoms with E-state index in [-0.39, 0.29) is 24.7 Å². The Balaban J connectivity index is 3.94. The van der Waals surface area contributed by atoms with E-state index in [1.807, 2.05) is 0 Å². The summed E-state index contributed by atoms with van der Waals surface area (Å²) in [5.41, 5.74) is 0. The number of nitrogens with zero attached hydrogens (tertiary/aromatic N) is 1. The molecule has 0 N–H and O–H groups in total. The molecular weight excluding hydrogens is 154 g/mol. The monoisotopic (exact) mass is 163 g/mol. The molecule has 2 amide bonds. The molecule has 58 valence electrons. The van der Waals surface area contributed by atoms with Crippen molar-refractivity contribution < 1.29 is 9.59 Å². The number of amides is 2. The van der Waals surface area contributed by atoms with E-state index in [9.17, 15) is 9.59 Å². The van der Waals surface area contributed by atoms with E-state index in [0.717, 1.165) is 0 Å². The number of carbonyl (C=O) groups excluding carboxylic acids is 2. The molecule has 0 aromatic carbocycles. The normalized spacial score (nSPS) is 9.10. The number of hydrogen-bond donors (Lipinski definition) is 0. The van der Waals surface area contributed by atoms with Crippen molar-refractivity contribution in [3.63, 3.8) is 0 Å². The number of imide groups is 1. The molecule has 3 nitrogen and oxygen atoms in total. The van der Waals surface area contributed by atoms with Crippen LogP contribution in [0.15, 0.2) is 0 Å². The Kier molecular flexibility index (Phi) is 4.03. The minimum absolute atomic E-state index is 0.259. The van der Waals surface area contributed by atoms with Gasteiger partial charge in [0.15, 0.2) is 0 Å². The molecular formula is C6H10ClNO2. The average molecular weight is 164 g/mol. The van der Waals surface area contributed by atoms with Gasteiger partial charge in [-0.05, 0) is 0 Å². The van der Waals surface area contributed by atoms with Crippen molar-refractivity contribution in [2.24, 2.45) is 0 Å². The first-order valence-electron chi connectivity index (χ1n) is 3.15. The standard InChI is InChI=1S/C6H10ClNO2/c1-3-5(9)8(7)6(10)4-2/h3-4H2,1-2H3. The maximum absolute atomic E-state index is 10.7. The Morgan fingerprint density at radius 2 is 1.50 bits per heavy atom. The third-order valence-corrected chi connectivity index (χ3v) is 1.42. The lowest BCUT2D eigenvalue weighted by Crippen LogP contribution is -2.26. The van der Waals surface area contributed by atoms with Crippen LogP contribution in [0.1, 0.15) is 26.7 Å². The van der Waals surface area contributed by atoms with E-state index in [1.165, 1.54) is 0 Å². The third kappa shape index (κ3) is 2.35. The molecule has 0 spiro atoms. The van der Waals surface area contributed by atoms with Crippen LogP contribution < -0.4 is 0 Å². The molecule has 0 unspecified atom stereocenters. The van der Waals surface area contributed by atoms with Gasteiger partial charge in [-0.25, -0.2) is 0 Å². The number of carbonyl (C=O) groups is 2. The van der Waals surface area contributed by atoms with Crippen LogP contribution in [0.5, 0.6) is 0 Å². The van der Waals surface area contributed by atoms with E-state index < -0.39 is 0 Å². The lowest BCUT2D eigenvalue weighted by atomic mass is 10.4. The molecule has 0 aliphatic carbocycles. The molecule has 0 aliphatic rings. The molecule has 0 heterocycles. The maximum Gasteiger partial charge on any atom is 0.243 e. The molecule has 0 aromatic heterocycles. The zero-order chi connectivity index (χ0) is 8.15. The molecule has 0 saturated carbocycles. The lowest BCUT2D eigenvalue weighted by molar-refractivity contribution is -0.138. The van der Waals surface area contributed by atoms with Gasteiger partial charge < -0.3 is 0 Å². The van der Waals surface area contributed by atoms with Crippen LogP contribution in [-0.2, 0) is 9.59 Å². The van der Waals surface area contributed by atoms with Gasteiger partial charge in [0.1, 0.15) is 0 Å². The Morgan fingerprint density at radius 3 is 1.70 bits per heavy atom. The molecule has 0 atom stereocenters. The van der Waals surface area contributed by atoms with Gasteiger partial charge >= 0.3 is 0 Å². The van der Waals surface area contributed by atoms with Crippen LogP contribution in [0.2, 0.25) is 0 Å². The second kappa shape index (κ2) is 4.28. The second-order valence-electron chi connectivity index (χ2n) is 1.78. The Bertz CT molecular complexity index is 131. The van der Waals surface area contributed by atoms with Gasteiger partial charge in [0.2, 0.25) is 11.8 Å². The molecule has 0 aromatic rings. The topological polar surface area (TPSA) is 37.4 Å². The molecule has 0 rings (SSSR count). The second-order valence-corrected chi connectivity index (χ2v) is 2.11. The smallest absolute Gasteiger partial charge is 0.243 e. The van der Waals surface area contributed by atoms with Gasteiger partial charge in [0.05, 0.1) is 0 Å². The van der Waals surface area contributed by atoms with E-state index in [0.29, 0.717) is 4.42 Å². The fourth-order valence-corrected chi connectivity index (χ4v) is 0.656. The predicted molar refractivity (Wildman–Crippen MR) is 38.3 cm³/mol. The average Bonchev–Trinajstić information content (AvgIpc) is 2.00. The summed E-state index contributed by atoms with van der Waals surface area (Å²) in [6.07, 6.45) is 0.518. The van der Waals surface area contributed by atoms with E-state index in [4.69, 9.17) is 11.8 Å². The summed E-state index contributed by atoms with van der Waals surface area (Å²) < 4.78 is 0.639. The minimum atomic E-state index is -0.353. The van der Waals surface area contributed by atoms with E-state index in [2.05, 4.69) is 0 Å². The fourth-order valence-electron chi connectivity index (χ4n) is 0.417. The van der Waals surface area contributed by atoms with Crippen LogP contribution in [-0.4, -0.2) is 16.2 Å². The third-order valence-electron chi connectivity index (χ3n) is 1.04. The zero-order valence-electron chi connectivity index (χ0n) is 6.06. The van der Waals surface area contributed by atoms with Crippen LogP contribution in [0, 0.1) is 0 Å². The first-order chi connectivity index (χ1) is 4.63. The van der Waals surface area contributed by atoms with Gasteiger partial charge in [-0.3, -0.25) is 9.59 Å². The van der Waals surface area contributed by atoms with Crippen LogP contribution in [0.25, 0.3) is 0 Å². The minimum Gasteiger partial charge on any atom is -0.273 e. The van der Waals surface area contributed by atoms with Crippen LogP contribution in [0.4, 0.5) is 0 Å². The summed E-state index contributed by atoms with van der Waals surface area (Å²) in [5, 5.41) is 0. The molecule has 0 saturated heterocycles.